The highest BCUT2D eigenvalue weighted by Crippen LogP contribution is 2.32. The zero-order chi connectivity index (χ0) is 26.3. The minimum absolute atomic E-state index is 0.0112. The summed E-state index contributed by atoms with van der Waals surface area (Å²) in [4.78, 5) is 4.85. The molecule has 188 valence electrons. The van der Waals surface area contributed by atoms with Crippen LogP contribution in [0.3, 0.4) is 0 Å². The first-order valence-corrected chi connectivity index (χ1v) is 14.0. The van der Waals surface area contributed by atoms with E-state index in [-0.39, 0.29) is 10.8 Å². The van der Waals surface area contributed by atoms with Gasteiger partial charge in [0.15, 0.2) is 9.84 Å². The van der Waals surface area contributed by atoms with Gasteiger partial charge in [0, 0.05) is 23.4 Å². The molecule has 37 heavy (non-hydrogen) atoms. The number of benzene rings is 3. The van der Waals surface area contributed by atoms with Crippen LogP contribution in [-0.4, -0.2) is 39.2 Å². The van der Waals surface area contributed by atoms with Gasteiger partial charge in [-0.05, 0) is 66.9 Å². The number of aromatic nitrogens is 5. The van der Waals surface area contributed by atoms with Crippen molar-refractivity contribution in [1.82, 2.24) is 24.5 Å². The summed E-state index contributed by atoms with van der Waals surface area (Å²) in [5.74, 6) is 0.834. The summed E-state index contributed by atoms with van der Waals surface area (Å²) in [7, 11) is -3.34. The van der Waals surface area contributed by atoms with Crippen LogP contribution in [0.1, 0.15) is 35.6 Å². The zero-order valence-electron chi connectivity index (χ0n) is 20.9. The van der Waals surface area contributed by atoms with E-state index in [4.69, 9.17) is 11.6 Å². The van der Waals surface area contributed by atoms with Crippen LogP contribution in [0.15, 0.2) is 84.0 Å². The Balaban J connectivity index is 1.70. The molecule has 0 saturated carbocycles. The third-order valence-electron chi connectivity index (χ3n) is 6.45. The average Bonchev–Trinajstić information content (AvgIpc) is 3.49. The fourth-order valence-corrected chi connectivity index (χ4v) is 5.29. The van der Waals surface area contributed by atoms with Crippen LogP contribution in [0.25, 0.3) is 22.5 Å². The van der Waals surface area contributed by atoms with Gasteiger partial charge in [-0.2, -0.15) is 0 Å². The zero-order valence-corrected chi connectivity index (χ0v) is 22.5. The Hall–Kier alpha value is -3.75. The molecule has 3 aromatic carbocycles. The quantitative estimate of drug-likeness (QED) is 0.270. The lowest BCUT2D eigenvalue weighted by atomic mass is 9.98. The van der Waals surface area contributed by atoms with Crippen LogP contribution < -0.4 is 0 Å². The summed E-state index contributed by atoms with van der Waals surface area (Å²) < 4.78 is 28.2. The maximum absolute atomic E-state index is 12.2. The van der Waals surface area contributed by atoms with Gasteiger partial charge < -0.3 is 4.57 Å². The van der Waals surface area contributed by atoms with Crippen molar-refractivity contribution < 1.29 is 8.42 Å². The molecule has 0 radical (unpaired) electrons. The predicted octanol–water partition coefficient (Wildman–Crippen LogP) is 5.95. The van der Waals surface area contributed by atoms with Crippen molar-refractivity contribution in [3.8, 4) is 22.5 Å². The highest BCUT2D eigenvalue weighted by Gasteiger charge is 2.20. The summed E-state index contributed by atoms with van der Waals surface area (Å²) in [5.41, 5.74) is 6.23. The molecule has 0 aliphatic rings. The molecule has 0 aliphatic carbocycles. The largest absolute Gasteiger partial charge is 0.302 e. The molecule has 2 heterocycles. The van der Waals surface area contributed by atoms with Crippen LogP contribution >= 0.6 is 11.6 Å². The van der Waals surface area contributed by atoms with Gasteiger partial charge in [-0.15, -0.1) is 5.10 Å². The molecule has 0 fully saturated rings. The van der Waals surface area contributed by atoms with E-state index in [2.05, 4.69) is 22.2 Å². The van der Waals surface area contributed by atoms with E-state index in [0.717, 1.165) is 45.3 Å². The fourth-order valence-electron chi connectivity index (χ4n) is 4.49. The minimum atomic E-state index is -3.34. The Kier molecular flexibility index (Phi) is 6.47. The number of imidazole rings is 1. The highest BCUT2D eigenvalue weighted by molar-refractivity contribution is 7.90. The van der Waals surface area contributed by atoms with E-state index in [0.29, 0.717) is 5.02 Å². The van der Waals surface area contributed by atoms with Crippen LogP contribution in [0, 0.1) is 13.8 Å². The first-order chi connectivity index (χ1) is 17.6. The number of halogens is 1. The van der Waals surface area contributed by atoms with E-state index in [1.54, 1.807) is 24.4 Å². The minimum Gasteiger partial charge on any atom is -0.302 e. The average molecular weight is 532 g/mol. The number of aryl methyl sites for hydroxylation is 2. The van der Waals surface area contributed by atoms with Crippen LogP contribution in [0.5, 0.6) is 0 Å². The van der Waals surface area contributed by atoms with Gasteiger partial charge in [0.1, 0.15) is 5.82 Å². The molecule has 9 heteroatoms. The number of hydrogen-bond donors (Lipinski definition) is 0. The fraction of sp³-hybridized carbons (Fsp3) is 0.179. The summed E-state index contributed by atoms with van der Waals surface area (Å²) in [6.45, 7) is 6.01. The van der Waals surface area contributed by atoms with Crippen molar-refractivity contribution in [2.75, 3.05) is 6.26 Å². The molecule has 0 saturated heterocycles. The van der Waals surface area contributed by atoms with E-state index in [1.807, 2.05) is 77.8 Å². The van der Waals surface area contributed by atoms with Gasteiger partial charge in [-0.3, -0.25) is 0 Å². The summed E-state index contributed by atoms with van der Waals surface area (Å²) in [6.07, 6.45) is 4.97. The molecule has 5 rings (SSSR count). The van der Waals surface area contributed by atoms with Gasteiger partial charge in [0.25, 0.3) is 0 Å². The summed E-state index contributed by atoms with van der Waals surface area (Å²) in [6, 6.07) is 20.7. The smallest absolute Gasteiger partial charge is 0.175 e. The normalized spacial score (nSPS) is 12.6. The monoisotopic (exact) mass is 531 g/mol. The van der Waals surface area contributed by atoms with Crippen LogP contribution in [0.2, 0.25) is 5.02 Å². The Labute approximate surface area is 221 Å². The Bertz CT molecular complexity index is 1700. The van der Waals surface area contributed by atoms with Gasteiger partial charge in [-0.1, -0.05) is 54.1 Å². The van der Waals surface area contributed by atoms with Gasteiger partial charge >= 0.3 is 0 Å². The van der Waals surface area contributed by atoms with E-state index in [1.165, 1.54) is 6.26 Å². The molecule has 0 aliphatic heterocycles. The lowest BCUT2D eigenvalue weighted by molar-refractivity contribution is 0.602. The number of sulfone groups is 1. The molecule has 7 nitrogen and oxygen atoms in total. The summed E-state index contributed by atoms with van der Waals surface area (Å²) >= 11 is 6.11. The molecule has 0 N–H and O–H groups in total. The molecule has 5 aromatic rings. The van der Waals surface area contributed by atoms with Gasteiger partial charge in [0.2, 0.25) is 0 Å². The standard InChI is InChI=1S/C28H26ClN5O2S/c1-18-17-33(20(3)31-18)26-13-10-23(22-6-5-7-25(14-22)37(4,35)36)15-27(26)34-28(16-30-32-34)19(2)21-8-11-24(29)12-9-21/h5-17,19H,1-4H3. The molecule has 0 amide bonds. The van der Waals surface area contributed by atoms with E-state index >= 15 is 0 Å². The molecule has 0 spiro atoms. The lowest BCUT2D eigenvalue weighted by Crippen LogP contribution is -2.11. The van der Waals surface area contributed by atoms with Crippen LogP contribution in [-0.2, 0) is 9.84 Å². The first kappa shape index (κ1) is 24.9. The Morgan fingerprint density at radius 1 is 0.919 bits per heavy atom. The molecular formula is C28H26ClN5O2S. The van der Waals surface area contributed by atoms with Crippen molar-refractivity contribution >= 4 is 21.4 Å². The van der Waals surface area contributed by atoms with Crippen molar-refractivity contribution in [2.24, 2.45) is 0 Å². The van der Waals surface area contributed by atoms with Crippen molar-refractivity contribution in [3.05, 3.63) is 107 Å². The number of rotatable bonds is 6. The Morgan fingerprint density at radius 3 is 2.32 bits per heavy atom. The second kappa shape index (κ2) is 9.61. The topological polar surface area (TPSA) is 82.7 Å². The molecule has 1 atom stereocenters. The SMILES string of the molecule is Cc1cn(-c2ccc(-c3cccc(S(C)(=O)=O)c3)cc2-n2nncc2C(C)c2ccc(Cl)cc2)c(C)n1. The maximum atomic E-state index is 12.2. The van der Waals surface area contributed by atoms with Crippen LogP contribution in [0.4, 0.5) is 0 Å². The first-order valence-electron chi connectivity index (χ1n) is 11.8. The molecule has 2 aromatic heterocycles. The van der Waals surface area contributed by atoms with Crippen molar-refractivity contribution in [2.45, 2.75) is 31.6 Å². The third kappa shape index (κ3) is 4.95. The molecule has 1 unspecified atom stereocenters. The van der Waals surface area contributed by atoms with E-state index in [9.17, 15) is 8.42 Å². The number of hydrogen-bond acceptors (Lipinski definition) is 5. The molecular weight excluding hydrogens is 506 g/mol. The second-order valence-electron chi connectivity index (χ2n) is 9.15. The lowest BCUT2D eigenvalue weighted by Gasteiger charge is -2.18. The predicted molar refractivity (Wildman–Crippen MR) is 145 cm³/mol. The Morgan fingerprint density at radius 2 is 1.65 bits per heavy atom. The van der Waals surface area contributed by atoms with Gasteiger partial charge in [0.05, 0.1) is 33.9 Å². The summed E-state index contributed by atoms with van der Waals surface area (Å²) in [5, 5.41) is 9.41. The second-order valence-corrected chi connectivity index (χ2v) is 11.6. The highest BCUT2D eigenvalue weighted by atomic mass is 35.5. The van der Waals surface area contributed by atoms with Crippen molar-refractivity contribution in [3.63, 3.8) is 0 Å². The van der Waals surface area contributed by atoms with Gasteiger partial charge in [-0.25, -0.2) is 18.1 Å². The van der Waals surface area contributed by atoms with Crippen molar-refractivity contribution in [1.29, 1.82) is 0 Å². The number of nitrogens with zero attached hydrogens (tertiary/aromatic N) is 5. The third-order valence-corrected chi connectivity index (χ3v) is 7.81. The maximum Gasteiger partial charge on any atom is 0.175 e. The molecule has 0 bridgehead atoms. The van der Waals surface area contributed by atoms with E-state index < -0.39 is 9.84 Å².